The molecule has 0 unspecified atom stereocenters. The van der Waals surface area contributed by atoms with Gasteiger partial charge in [-0.25, -0.2) is 9.97 Å². The van der Waals surface area contributed by atoms with Crippen LogP contribution in [0.5, 0.6) is 0 Å². The molecule has 0 fully saturated rings. The molecule has 1 aromatic heterocycles. The van der Waals surface area contributed by atoms with Crippen molar-refractivity contribution in [3.05, 3.63) is 18.0 Å². The van der Waals surface area contributed by atoms with Crippen LogP contribution in [-0.2, 0) is 0 Å². The van der Waals surface area contributed by atoms with Crippen molar-refractivity contribution in [3.8, 4) is 6.07 Å². The third-order valence-electron chi connectivity index (χ3n) is 1.77. The van der Waals surface area contributed by atoms with E-state index >= 15 is 0 Å². The minimum absolute atomic E-state index is 0.395. The number of nitriles is 1. The van der Waals surface area contributed by atoms with Gasteiger partial charge in [0.15, 0.2) is 0 Å². The smallest absolute Gasteiger partial charge is 0.223 e. The Balaban J connectivity index is 2.47. The number of nitrogens with one attached hydrogen (secondary N) is 1. The fraction of sp³-hybridized carbons (Fsp3) is 0.500. The van der Waals surface area contributed by atoms with Gasteiger partial charge in [-0.3, -0.25) is 0 Å². The first-order chi connectivity index (χ1) is 6.72. The molecular weight excluding hydrogens is 176 g/mol. The van der Waals surface area contributed by atoms with Crippen LogP contribution in [0.4, 0.5) is 5.95 Å². The number of anilines is 1. The minimum Gasteiger partial charge on any atom is -0.354 e. The average Bonchev–Trinajstić information content (AvgIpc) is 2.18. The lowest BCUT2D eigenvalue weighted by Gasteiger charge is -2.06. The van der Waals surface area contributed by atoms with Crippen molar-refractivity contribution in [2.75, 3.05) is 11.9 Å². The number of hydrogen-bond acceptors (Lipinski definition) is 4. The highest BCUT2D eigenvalue weighted by Gasteiger charge is 1.98. The molecule has 0 aliphatic carbocycles. The minimum atomic E-state index is 0.395. The van der Waals surface area contributed by atoms with E-state index in [0.29, 0.717) is 17.6 Å². The predicted molar refractivity (Wildman–Crippen MR) is 54.7 cm³/mol. The molecule has 0 aliphatic rings. The summed E-state index contributed by atoms with van der Waals surface area (Å²) in [5.74, 6) is 1.19. The van der Waals surface area contributed by atoms with E-state index in [2.05, 4.69) is 29.1 Å². The molecule has 0 atom stereocenters. The first kappa shape index (κ1) is 10.5. The summed E-state index contributed by atoms with van der Waals surface area (Å²) in [5.41, 5.74) is 0.395. The third kappa shape index (κ3) is 3.40. The molecule has 0 aromatic carbocycles. The molecule has 0 amide bonds. The fourth-order valence-electron chi connectivity index (χ4n) is 0.979. The van der Waals surface area contributed by atoms with E-state index in [1.54, 1.807) is 12.3 Å². The highest BCUT2D eigenvalue weighted by atomic mass is 15.1. The zero-order chi connectivity index (χ0) is 10.4. The van der Waals surface area contributed by atoms with Crippen molar-refractivity contribution in [1.82, 2.24) is 9.97 Å². The lowest BCUT2D eigenvalue weighted by molar-refractivity contribution is 0.606. The van der Waals surface area contributed by atoms with Gasteiger partial charge in [-0.1, -0.05) is 13.8 Å². The first-order valence-corrected chi connectivity index (χ1v) is 4.69. The molecule has 4 heteroatoms. The Kier molecular flexibility index (Phi) is 3.86. The summed E-state index contributed by atoms with van der Waals surface area (Å²) in [6.07, 6.45) is 2.66. The molecular formula is C10H14N4. The molecule has 0 saturated carbocycles. The summed E-state index contributed by atoms with van der Waals surface area (Å²) >= 11 is 0. The number of hydrogen-bond donors (Lipinski definition) is 1. The molecule has 1 N–H and O–H groups in total. The molecule has 0 spiro atoms. The maximum atomic E-state index is 8.61. The van der Waals surface area contributed by atoms with Crippen LogP contribution < -0.4 is 5.32 Å². The van der Waals surface area contributed by atoms with E-state index in [9.17, 15) is 0 Å². The highest BCUT2D eigenvalue weighted by molar-refractivity contribution is 5.29. The van der Waals surface area contributed by atoms with Gasteiger partial charge in [-0.2, -0.15) is 5.26 Å². The normalized spacial score (nSPS) is 9.86. The van der Waals surface area contributed by atoms with Crippen LogP contribution in [0.2, 0.25) is 0 Å². The Bertz CT molecular complexity index is 327. The van der Waals surface area contributed by atoms with Crippen molar-refractivity contribution < 1.29 is 0 Å². The van der Waals surface area contributed by atoms with Gasteiger partial charge in [0, 0.05) is 12.7 Å². The molecule has 74 valence electrons. The van der Waals surface area contributed by atoms with Crippen LogP contribution in [0, 0.1) is 17.2 Å². The molecule has 14 heavy (non-hydrogen) atoms. The van der Waals surface area contributed by atoms with Crippen LogP contribution in [-0.4, -0.2) is 16.5 Å². The molecule has 0 aliphatic heterocycles. The van der Waals surface area contributed by atoms with Crippen LogP contribution in [0.1, 0.15) is 26.0 Å². The summed E-state index contributed by atoms with van der Waals surface area (Å²) in [7, 11) is 0. The van der Waals surface area contributed by atoms with E-state index in [0.717, 1.165) is 13.0 Å². The maximum absolute atomic E-state index is 8.61. The molecule has 0 saturated heterocycles. The van der Waals surface area contributed by atoms with Gasteiger partial charge in [-0.15, -0.1) is 0 Å². The largest absolute Gasteiger partial charge is 0.354 e. The van der Waals surface area contributed by atoms with Gasteiger partial charge in [-0.05, 0) is 18.4 Å². The van der Waals surface area contributed by atoms with Gasteiger partial charge in [0.2, 0.25) is 5.95 Å². The first-order valence-electron chi connectivity index (χ1n) is 4.69. The molecule has 4 nitrogen and oxygen atoms in total. The molecule has 0 radical (unpaired) electrons. The Hall–Kier alpha value is -1.63. The second kappa shape index (κ2) is 5.18. The number of aromatic nitrogens is 2. The molecule has 1 aromatic rings. The summed E-state index contributed by atoms with van der Waals surface area (Å²) in [6.45, 7) is 5.16. The number of rotatable bonds is 4. The van der Waals surface area contributed by atoms with E-state index in [-0.39, 0.29) is 0 Å². The van der Waals surface area contributed by atoms with Gasteiger partial charge < -0.3 is 5.32 Å². The SMILES string of the molecule is CC(C)CCNc1nccc(C#N)n1. The predicted octanol–water partition coefficient (Wildman–Crippen LogP) is 1.81. The molecule has 1 rings (SSSR count). The summed E-state index contributed by atoms with van der Waals surface area (Å²) in [4.78, 5) is 8.02. The van der Waals surface area contributed by atoms with E-state index < -0.39 is 0 Å². The van der Waals surface area contributed by atoms with Crippen molar-refractivity contribution in [2.24, 2.45) is 5.92 Å². The standard InChI is InChI=1S/C10H14N4/c1-8(2)3-5-12-10-13-6-4-9(7-11)14-10/h4,6,8H,3,5H2,1-2H3,(H,12,13,14). The average molecular weight is 190 g/mol. The topological polar surface area (TPSA) is 61.6 Å². The summed E-state index contributed by atoms with van der Waals surface area (Å²) in [5, 5.41) is 11.7. The van der Waals surface area contributed by atoms with Crippen molar-refractivity contribution in [3.63, 3.8) is 0 Å². The van der Waals surface area contributed by atoms with E-state index in [1.807, 2.05) is 6.07 Å². The van der Waals surface area contributed by atoms with Crippen molar-refractivity contribution in [1.29, 1.82) is 5.26 Å². The summed E-state index contributed by atoms with van der Waals surface area (Å²) < 4.78 is 0. The monoisotopic (exact) mass is 190 g/mol. The number of nitrogens with zero attached hydrogens (tertiary/aromatic N) is 3. The van der Waals surface area contributed by atoms with Crippen LogP contribution in [0.3, 0.4) is 0 Å². The highest BCUT2D eigenvalue weighted by Crippen LogP contribution is 2.02. The van der Waals surface area contributed by atoms with Crippen molar-refractivity contribution >= 4 is 5.95 Å². The van der Waals surface area contributed by atoms with E-state index in [4.69, 9.17) is 5.26 Å². The zero-order valence-corrected chi connectivity index (χ0v) is 8.49. The molecule has 1 heterocycles. The second-order valence-corrected chi connectivity index (χ2v) is 3.49. The maximum Gasteiger partial charge on any atom is 0.223 e. The molecule has 0 bridgehead atoms. The Labute approximate surface area is 84.0 Å². The van der Waals surface area contributed by atoms with Gasteiger partial charge in [0.25, 0.3) is 0 Å². The Morgan fingerprint density at radius 2 is 2.36 bits per heavy atom. The van der Waals surface area contributed by atoms with Gasteiger partial charge in [0.1, 0.15) is 11.8 Å². The summed E-state index contributed by atoms with van der Waals surface area (Å²) in [6, 6.07) is 3.57. The fourth-order valence-corrected chi connectivity index (χ4v) is 0.979. The van der Waals surface area contributed by atoms with E-state index in [1.165, 1.54) is 0 Å². The Morgan fingerprint density at radius 3 is 3.00 bits per heavy atom. The van der Waals surface area contributed by atoms with Gasteiger partial charge >= 0.3 is 0 Å². The van der Waals surface area contributed by atoms with Crippen LogP contribution >= 0.6 is 0 Å². The third-order valence-corrected chi connectivity index (χ3v) is 1.77. The lowest BCUT2D eigenvalue weighted by Crippen LogP contribution is -2.07. The Morgan fingerprint density at radius 1 is 1.57 bits per heavy atom. The lowest BCUT2D eigenvalue weighted by atomic mass is 10.1. The van der Waals surface area contributed by atoms with Crippen molar-refractivity contribution in [2.45, 2.75) is 20.3 Å². The van der Waals surface area contributed by atoms with Crippen LogP contribution in [0.15, 0.2) is 12.3 Å². The second-order valence-electron chi connectivity index (χ2n) is 3.49. The quantitative estimate of drug-likeness (QED) is 0.786. The van der Waals surface area contributed by atoms with Crippen LogP contribution in [0.25, 0.3) is 0 Å². The van der Waals surface area contributed by atoms with Gasteiger partial charge in [0.05, 0.1) is 0 Å². The zero-order valence-electron chi connectivity index (χ0n) is 8.49.